The van der Waals surface area contributed by atoms with Crippen molar-refractivity contribution in [2.75, 3.05) is 7.11 Å². The molecule has 0 N–H and O–H groups in total. The maximum absolute atomic E-state index is 11.7. The fraction of sp³-hybridized carbons (Fsp3) is 0.444. The van der Waals surface area contributed by atoms with Crippen molar-refractivity contribution < 1.29 is 9.53 Å². The van der Waals surface area contributed by atoms with Crippen molar-refractivity contribution in [2.24, 2.45) is 0 Å². The Hall–Kier alpha value is -1.07. The Bertz CT molecular complexity index is 512. The third kappa shape index (κ3) is 1.60. The van der Waals surface area contributed by atoms with Crippen molar-refractivity contribution >= 4 is 29.2 Å². The Morgan fingerprint density at radius 3 is 2.81 bits per heavy atom. The molecule has 1 aromatic heterocycles. The zero-order chi connectivity index (χ0) is 11.9. The first-order chi connectivity index (χ1) is 7.56. The van der Waals surface area contributed by atoms with Crippen LogP contribution < -0.4 is 5.56 Å². The van der Waals surface area contributed by atoms with Gasteiger partial charge in [0.15, 0.2) is 10.3 Å². The molecule has 2 rings (SSSR count). The molecule has 0 amide bonds. The molecule has 0 fully saturated rings. The monoisotopic (exact) mass is 262 g/mol. The molecule has 2 heterocycles. The summed E-state index contributed by atoms with van der Waals surface area (Å²) in [5.41, 5.74) is 0.0282. The highest BCUT2D eigenvalue weighted by Gasteiger charge is 2.32. The predicted octanol–water partition coefficient (Wildman–Crippen LogP) is 1.21. The van der Waals surface area contributed by atoms with Gasteiger partial charge >= 0.3 is 5.97 Å². The van der Waals surface area contributed by atoms with Crippen LogP contribution >= 0.6 is 23.2 Å². The van der Waals surface area contributed by atoms with Crippen LogP contribution in [0.25, 0.3) is 0 Å². The van der Waals surface area contributed by atoms with Crippen LogP contribution in [0.3, 0.4) is 0 Å². The van der Waals surface area contributed by atoms with Gasteiger partial charge in [0.05, 0.1) is 12.8 Å². The van der Waals surface area contributed by atoms with Gasteiger partial charge < -0.3 is 4.74 Å². The number of aromatic nitrogens is 2. The average molecular weight is 263 g/mol. The standard InChI is InChI=1S/C9H8Cl2N2O3/c1-16-9(15)5-3-2-4-6(10)12-7(11)8(14)13(4)5/h5H,2-3H2,1H3. The number of carbonyl (C=O) groups is 1. The smallest absolute Gasteiger partial charge is 0.328 e. The molecule has 7 heteroatoms. The molecule has 0 radical (unpaired) electrons. The molecule has 1 atom stereocenters. The topological polar surface area (TPSA) is 61.2 Å². The van der Waals surface area contributed by atoms with Gasteiger partial charge in [-0.05, 0) is 12.8 Å². The van der Waals surface area contributed by atoms with Gasteiger partial charge in [0.2, 0.25) is 0 Å². The number of rotatable bonds is 1. The molecule has 5 nitrogen and oxygen atoms in total. The van der Waals surface area contributed by atoms with Crippen molar-refractivity contribution in [3.63, 3.8) is 0 Å². The molecule has 0 aliphatic carbocycles. The van der Waals surface area contributed by atoms with Crippen LogP contribution in [0.15, 0.2) is 4.79 Å². The van der Waals surface area contributed by atoms with E-state index >= 15 is 0 Å². The second-order valence-corrected chi connectivity index (χ2v) is 4.11. The van der Waals surface area contributed by atoms with E-state index in [0.717, 1.165) is 0 Å². The number of halogens is 2. The molecule has 16 heavy (non-hydrogen) atoms. The first kappa shape index (κ1) is 11.4. The lowest BCUT2D eigenvalue weighted by molar-refractivity contribution is -0.144. The van der Waals surface area contributed by atoms with Crippen LogP contribution in [0.1, 0.15) is 18.2 Å². The molecule has 1 aliphatic rings. The lowest BCUT2D eigenvalue weighted by Crippen LogP contribution is -2.29. The van der Waals surface area contributed by atoms with Crippen molar-refractivity contribution in [3.05, 3.63) is 26.4 Å². The van der Waals surface area contributed by atoms with Gasteiger partial charge in [-0.1, -0.05) is 23.2 Å². The fourth-order valence-electron chi connectivity index (χ4n) is 1.83. The van der Waals surface area contributed by atoms with Crippen LogP contribution in [0.5, 0.6) is 0 Å². The van der Waals surface area contributed by atoms with Gasteiger partial charge in [0, 0.05) is 0 Å². The summed E-state index contributed by atoms with van der Waals surface area (Å²) in [6.07, 6.45) is 0.988. The highest BCUT2D eigenvalue weighted by molar-refractivity contribution is 6.32. The van der Waals surface area contributed by atoms with E-state index < -0.39 is 17.6 Å². The number of fused-ring (bicyclic) bond motifs is 1. The Kier molecular flexibility index (Phi) is 2.90. The molecule has 0 spiro atoms. The van der Waals surface area contributed by atoms with Crippen molar-refractivity contribution in [1.29, 1.82) is 0 Å². The van der Waals surface area contributed by atoms with Crippen LogP contribution in [-0.2, 0) is 16.0 Å². The maximum atomic E-state index is 11.7. The van der Waals surface area contributed by atoms with E-state index in [1.165, 1.54) is 11.7 Å². The molecular formula is C9H8Cl2N2O3. The van der Waals surface area contributed by atoms with Gasteiger partial charge in [-0.25, -0.2) is 9.78 Å². The van der Waals surface area contributed by atoms with Gasteiger partial charge in [-0.3, -0.25) is 9.36 Å². The largest absolute Gasteiger partial charge is 0.467 e. The predicted molar refractivity (Wildman–Crippen MR) is 57.9 cm³/mol. The second kappa shape index (κ2) is 4.07. The maximum Gasteiger partial charge on any atom is 0.328 e. The van der Waals surface area contributed by atoms with Crippen LogP contribution in [-0.4, -0.2) is 22.6 Å². The molecule has 86 valence electrons. The van der Waals surface area contributed by atoms with Crippen molar-refractivity contribution in [2.45, 2.75) is 18.9 Å². The summed E-state index contributed by atoms with van der Waals surface area (Å²) in [5.74, 6) is -0.473. The Balaban J connectivity index is 2.62. The molecule has 0 bridgehead atoms. The van der Waals surface area contributed by atoms with Gasteiger partial charge in [-0.2, -0.15) is 0 Å². The number of hydrogen-bond acceptors (Lipinski definition) is 4. The highest BCUT2D eigenvalue weighted by Crippen LogP contribution is 2.29. The summed E-state index contributed by atoms with van der Waals surface area (Å²) in [6, 6.07) is -0.648. The lowest BCUT2D eigenvalue weighted by Gasteiger charge is -2.12. The molecular weight excluding hydrogens is 255 g/mol. The molecule has 1 aromatic rings. The molecule has 1 unspecified atom stereocenters. The van der Waals surface area contributed by atoms with E-state index in [9.17, 15) is 9.59 Å². The summed E-state index contributed by atoms with van der Waals surface area (Å²) >= 11 is 11.5. The van der Waals surface area contributed by atoms with E-state index in [4.69, 9.17) is 23.2 Å². The minimum absolute atomic E-state index is 0.163. The van der Waals surface area contributed by atoms with Crippen LogP contribution in [0, 0.1) is 0 Å². The summed E-state index contributed by atoms with van der Waals surface area (Å²) < 4.78 is 5.89. The summed E-state index contributed by atoms with van der Waals surface area (Å²) in [6.45, 7) is 0. The third-order valence-electron chi connectivity index (χ3n) is 2.56. The number of carbonyl (C=O) groups excluding carboxylic acids is 1. The number of nitrogens with zero attached hydrogens (tertiary/aromatic N) is 2. The summed E-state index contributed by atoms with van der Waals surface area (Å²) in [5, 5.41) is -0.0689. The first-order valence-electron chi connectivity index (χ1n) is 4.60. The number of ether oxygens (including phenoxy) is 1. The number of hydrogen-bond donors (Lipinski definition) is 0. The number of esters is 1. The zero-order valence-corrected chi connectivity index (χ0v) is 9.88. The Morgan fingerprint density at radius 2 is 2.19 bits per heavy atom. The minimum atomic E-state index is -0.648. The zero-order valence-electron chi connectivity index (χ0n) is 8.37. The SMILES string of the molecule is COC(=O)C1CCc2c(Cl)nc(Cl)c(=O)n21. The molecule has 0 saturated carbocycles. The Morgan fingerprint density at radius 1 is 1.50 bits per heavy atom. The summed E-state index contributed by atoms with van der Waals surface area (Å²) in [4.78, 5) is 26.9. The quantitative estimate of drug-likeness (QED) is 0.714. The van der Waals surface area contributed by atoms with Crippen LogP contribution in [0.4, 0.5) is 0 Å². The van der Waals surface area contributed by atoms with E-state index in [1.54, 1.807) is 0 Å². The van der Waals surface area contributed by atoms with Crippen molar-refractivity contribution in [3.8, 4) is 0 Å². The second-order valence-electron chi connectivity index (χ2n) is 3.39. The average Bonchev–Trinajstić information content (AvgIpc) is 2.70. The first-order valence-corrected chi connectivity index (χ1v) is 5.36. The van der Waals surface area contributed by atoms with Gasteiger partial charge in [0.25, 0.3) is 5.56 Å². The van der Waals surface area contributed by atoms with E-state index in [0.29, 0.717) is 18.5 Å². The van der Waals surface area contributed by atoms with Gasteiger partial charge in [-0.15, -0.1) is 0 Å². The fourth-order valence-corrected chi connectivity index (χ4v) is 2.32. The summed E-state index contributed by atoms with van der Waals surface area (Å²) in [7, 11) is 1.27. The third-order valence-corrected chi connectivity index (χ3v) is 3.11. The highest BCUT2D eigenvalue weighted by atomic mass is 35.5. The normalized spacial score (nSPS) is 18.3. The molecule has 0 aromatic carbocycles. The number of methoxy groups -OCH3 is 1. The Labute approximate surface area is 101 Å². The van der Waals surface area contributed by atoms with Crippen molar-refractivity contribution in [1.82, 2.24) is 9.55 Å². The molecule has 1 aliphatic heterocycles. The van der Waals surface area contributed by atoms with E-state index in [-0.39, 0.29) is 10.3 Å². The molecule has 0 saturated heterocycles. The van der Waals surface area contributed by atoms with Gasteiger partial charge in [0.1, 0.15) is 6.04 Å². The van der Waals surface area contributed by atoms with E-state index in [1.807, 2.05) is 0 Å². The van der Waals surface area contributed by atoms with E-state index in [2.05, 4.69) is 9.72 Å². The minimum Gasteiger partial charge on any atom is -0.467 e. The lowest BCUT2D eigenvalue weighted by atomic mass is 10.2. The van der Waals surface area contributed by atoms with Crippen LogP contribution in [0.2, 0.25) is 10.3 Å².